The monoisotopic (exact) mass is 272 g/mol. The molecule has 2 saturated heterocycles. The van der Waals surface area contributed by atoms with E-state index in [1.54, 1.807) is 6.07 Å². The zero-order valence-electron chi connectivity index (χ0n) is 11.4. The van der Waals surface area contributed by atoms with Crippen molar-refractivity contribution < 1.29 is 4.39 Å². The summed E-state index contributed by atoms with van der Waals surface area (Å²) >= 11 is 0. The van der Waals surface area contributed by atoms with Crippen LogP contribution in [0.25, 0.3) is 11.4 Å². The van der Waals surface area contributed by atoms with Gasteiger partial charge in [0.15, 0.2) is 0 Å². The van der Waals surface area contributed by atoms with Crippen LogP contribution in [-0.2, 0) is 0 Å². The lowest BCUT2D eigenvalue weighted by molar-refractivity contribution is 0.489. The number of nitrogens with zero attached hydrogens (tertiary/aromatic N) is 2. The largest absolute Gasteiger partial charge is 0.345 e. The minimum Gasteiger partial charge on any atom is -0.345 e. The van der Waals surface area contributed by atoms with E-state index >= 15 is 0 Å². The van der Waals surface area contributed by atoms with E-state index < -0.39 is 0 Å². The van der Waals surface area contributed by atoms with Crippen molar-refractivity contribution in [1.82, 2.24) is 20.3 Å². The van der Waals surface area contributed by atoms with Gasteiger partial charge in [-0.25, -0.2) is 9.37 Å². The third kappa shape index (κ3) is 1.85. The number of imidazole rings is 1. The Kier molecular flexibility index (Phi) is 2.63. The number of pyridine rings is 1. The van der Waals surface area contributed by atoms with Crippen LogP contribution in [0.1, 0.15) is 36.7 Å². The molecule has 0 amide bonds. The highest BCUT2D eigenvalue weighted by atomic mass is 19.1. The van der Waals surface area contributed by atoms with Gasteiger partial charge in [-0.1, -0.05) is 0 Å². The number of hydrogen-bond donors (Lipinski definition) is 2. The van der Waals surface area contributed by atoms with Crippen molar-refractivity contribution in [3.63, 3.8) is 0 Å². The number of nitrogens with one attached hydrogen (secondary N) is 2. The van der Waals surface area contributed by atoms with Gasteiger partial charge < -0.3 is 10.3 Å². The molecule has 2 aliphatic heterocycles. The molecule has 0 radical (unpaired) electrons. The molecule has 5 heteroatoms. The van der Waals surface area contributed by atoms with Crippen molar-refractivity contribution in [2.24, 2.45) is 0 Å². The van der Waals surface area contributed by atoms with Crippen molar-refractivity contribution in [1.29, 1.82) is 0 Å². The van der Waals surface area contributed by atoms with Crippen LogP contribution in [0.15, 0.2) is 18.3 Å². The molecule has 2 aromatic heterocycles. The average molecular weight is 272 g/mol. The highest BCUT2D eigenvalue weighted by Crippen LogP contribution is 2.39. The Labute approximate surface area is 116 Å². The summed E-state index contributed by atoms with van der Waals surface area (Å²) in [5.41, 5.74) is 2.56. The smallest absolute Gasteiger partial charge is 0.141 e. The molecule has 0 spiro atoms. The first kappa shape index (κ1) is 12.0. The molecule has 4 heterocycles. The van der Waals surface area contributed by atoms with E-state index in [-0.39, 0.29) is 5.82 Å². The molecule has 2 aliphatic rings. The van der Waals surface area contributed by atoms with E-state index in [0.29, 0.717) is 18.0 Å². The van der Waals surface area contributed by atoms with Crippen molar-refractivity contribution in [3.8, 4) is 11.4 Å². The Morgan fingerprint density at radius 2 is 2.20 bits per heavy atom. The van der Waals surface area contributed by atoms with Crippen molar-refractivity contribution in [2.75, 3.05) is 0 Å². The summed E-state index contributed by atoms with van der Waals surface area (Å²) in [5, 5.41) is 3.63. The molecule has 0 aromatic carbocycles. The molecule has 0 aliphatic carbocycles. The second kappa shape index (κ2) is 4.38. The van der Waals surface area contributed by atoms with E-state index in [4.69, 9.17) is 4.98 Å². The fourth-order valence-corrected chi connectivity index (χ4v) is 3.55. The summed E-state index contributed by atoms with van der Waals surface area (Å²) in [6.45, 7) is 2.00. The molecule has 2 aromatic rings. The van der Waals surface area contributed by atoms with Gasteiger partial charge in [0.1, 0.15) is 17.3 Å². The third-order valence-electron chi connectivity index (χ3n) is 4.52. The first-order valence-electron chi connectivity index (χ1n) is 7.15. The van der Waals surface area contributed by atoms with Gasteiger partial charge >= 0.3 is 0 Å². The summed E-state index contributed by atoms with van der Waals surface area (Å²) in [5.74, 6) is 1.20. The average Bonchev–Trinajstić information content (AvgIpc) is 3.14. The second-order valence-corrected chi connectivity index (χ2v) is 5.85. The number of halogens is 1. The highest BCUT2D eigenvalue weighted by Gasteiger charge is 2.41. The SMILES string of the molecule is Cc1[nH]c(C2CC3CCC2N3)nc1-c1ccc(F)cn1. The van der Waals surface area contributed by atoms with E-state index in [2.05, 4.69) is 15.3 Å². The standard InChI is InChI=1S/C15H17FN4/c1-8-14(13-4-2-9(16)7-17-13)20-15(18-8)11-6-10-3-5-12(11)19-10/h2,4,7,10-12,19H,3,5-6H2,1H3,(H,18,20). The van der Waals surface area contributed by atoms with Crippen LogP contribution in [0.2, 0.25) is 0 Å². The van der Waals surface area contributed by atoms with E-state index in [1.165, 1.54) is 25.1 Å². The Morgan fingerprint density at radius 1 is 1.30 bits per heavy atom. The number of aromatic amines is 1. The van der Waals surface area contributed by atoms with Crippen molar-refractivity contribution >= 4 is 0 Å². The summed E-state index contributed by atoms with van der Waals surface area (Å²) in [6.07, 6.45) is 4.92. The molecule has 2 fully saturated rings. The minimum absolute atomic E-state index is 0.320. The molecule has 4 nitrogen and oxygen atoms in total. The fraction of sp³-hybridized carbons (Fsp3) is 0.467. The molecule has 4 rings (SSSR count). The fourth-order valence-electron chi connectivity index (χ4n) is 3.55. The first-order chi connectivity index (χ1) is 9.70. The van der Waals surface area contributed by atoms with Gasteiger partial charge in [0, 0.05) is 23.7 Å². The number of H-pyrrole nitrogens is 1. The van der Waals surface area contributed by atoms with Gasteiger partial charge in [-0.05, 0) is 38.3 Å². The van der Waals surface area contributed by atoms with Crippen LogP contribution in [-0.4, -0.2) is 27.0 Å². The number of hydrogen-bond acceptors (Lipinski definition) is 3. The predicted molar refractivity (Wildman–Crippen MR) is 73.8 cm³/mol. The quantitative estimate of drug-likeness (QED) is 0.883. The summed E-state index contributed by atoms with van der Waals surface area (Å²) in [4.78, 5) is 12.3. The van der Waals surface area contributed by atoms with Gasteiger partial charge in [0.05, 0.1) is 11.9 Å². The normalized spacial score (nSPS) is 28.2. The molecule has 3 atom stereocenters. The summed E-state index contributed by atoms with van der Waals surface area (Å²) < 4.78 is 13.0. The molecule has 0 saturated carbocycles. The summed E-state index contributed by atoms with van der Waals surface area (Å²) in [7, 11) is 0. The lowest BCUT2D eigenvalue weighted by Gasteiger charge is -2.17. The van der Waals surface area contributed by atoms with Crippen molar-refractivity contribution in [3.05, 3.63) is 35.7 Å². The number of fused-ring (bicyclic) bond motifs is 2. The maximum atomic E-state index is 13.0. The molecule has 2 N–H and O–H groups in total. The topological polar surface area (TPSA) is 53.6 Å². The van der Waals surface area contributed by atoms with E-state index in [1.807, 2.05) is 6.92 Å². The van der Waals surface area contributed by atoms with Crippen LogP contribution in [0.3, 0.4) is 0 Å². The number of aromatic nitrogens is 3. The number of aryl methyl sites for hydroxylation is 1. The maximum absolute atomic E-state index is 13.0. The summed E-state index contributed by atoms with van der Waals surface area (Å²) in [6, 6.07) is 4.32. The van der Waals surface area contributed by atoms with Crippen LogP contribution >= 0.6 is 0 Å². The molecular weight excluding hydrogens is 255 g/mol. The van der Waals surface area contributed by atoms with Gasteiger partial charge in [0.25, 0.3) is 0 Å². The Bertz CT molecular complexity index is 634. The Balaban J connectivity index is 1.67. The minimum atomic E-state index is -0.320. The highest BCUT2D eigenvalue weighted by molar-refractivity contribution is 5.57. The number of rotatable bonds is 2. The van der Waals surface area contributed by atoms with Crippen LogP contribution in [0.4, 0.5) is 4.39 Å². The van der Waals surface area contributed by atoms with Gasteiger partial charge in [-0.15, -0.1) is 0 Å². The Morgan fingerprint density at radius 3 is 2.85 bits per heavy atom. The van der Waals surface area contributed by atoms with E-state index in [9.17, 15) is 4.39 Å². The Hall–Kier alpha value is -1.75. The van der Waals surface area contributed by atoms with Gasteiger partial charge in [-0.2, -0.15) is 0 Å². The lowest BCUT2D eigenvalue weighted by Crippen LogP contribution is -2.22. The van der Waals surface area contributed by atoms with E-state index in [0.717, 1.165) is 29.3 Å². The molecule has 20 heavy (non-hydrogen) atoms. The van der Waals surface area contributed by atoms with Gasteiger partial charge in [-0.3, -0.25) is 4.98 Å². The zero-order valence-corrected chi connectivity index (χ0v) is 11.4. The first-order valence-corrected chi connectivity index (χ1v) is 7.15. The molecular formula is C15H17FN4. The second-order valence-electron chi connectivity index (χ2n) is 5.85. The predicted octanol–water partition coefficient (Wildman–Crippen LogP) is 2.53. The van der Waals surface area contributed by atoms with Crippen LogP contribution in [0.5, 0.6) is 0 Å². The van der Waals surface area contributed by atoms with Crippen LogP contribution < -0.4 is 5.32 Å². The van der Waals surface area contributed by atoms with Gasteiger partial charge in [0.2, 0.25) is 0 Å². The van der Waals surface area contributed by atoms with Crippen molar-refractivity contribution in [2.45, 2.75) is 44.2 Å². The third-order valence-corrected chi connectivity index (χ3v) is 4.52. The lowest BCUT2D eigenvalue weighted by atomic mass is 9.89. The zero-order chi connectivity index (χ0) is 13.7. The van der Waals surface area contributed by atoms with Crippen LogP contribution in [0, 0.1) is 12.7 Å². The maximum Gasteiger partial charge on any atom is 0.141 e. The molecule has 2 bridgehead atoms. The molecule has 3 unspecified atom stereocenters. The molecule has 104 valence electrons.